The summed E-state index contributed by atoms with van der Waals surface area (Å²) in [6.07, 6.45) is 1.55. The fourth-order valence-corrected chi connectivity index (χ4v) is 2.11. The van der Waals surface area contributed by atoms with E-state index in [1.807, 2.05) is 20.8 Å². The fourth-order valence-electron chi connectivity index (χ4n) is 2.01. The van der Waals surface area contributed by atoms with Crippen molar-refractivity contribution in [2.75, 3.05) is 0 Å². The standard InChI is InChI=1S/C14H16BrN5O2/c1-5-20-12-10(13(21)19-14(20)22)17-11(18-12)9(7(2)3)16-6-8(4)15/h6H,4-5H2,1-3H3,(H,17,18)(H,19,21,22)/b16-6-. The maximum absolute atomic E-state index is 11.9. The van der Waals surface area contributed by atoms with Gasteiger partial charge in [-0.3, -0.25) is 19.3 Å². The molecule has 0 atom stereocenters. The number of fused-ring (bicyclic) bond motifs is 1. The van der Waals surface area contributed by atoms with Crippen molar-refractivity contribution < 1.29 is 0 Å². The Balaban J connectivity index is 2.75. The van der Waals surface area contributed by atoms with E-state index in [4.69, 9.17) is 0 Å². The van der Waals surface area contributed by atoms with Crippen molar-refractivity contribution in [3.63, 3.8) is 0 Å². The van der Waals surface area contributed by atoms with Crippen LogP contribution in [0.3, 0.4) is 0 Å². The number of H-pyrrole nitrogens is 2. The summed E-state index contributed by atoms with van der Waals surface area (Å²) in [7, 11) is 0. The number of hydrogen-bond donors (Lipinski definition) is 2. The summed E-state index contributed by atoms with van der Waals surface area (Å²) in [6, 6.07) is 0. The van der Waals surface area contributed by atoms with E-state index in [-0.39, 0.29) is 5.52 Å². The quantitative estimate of drug-likeness (QED) is 0.812. The van der Waals surface area contributed by atoms with Crippen molar-refractivity contribution in [2.45, 2.75) is 27.3 Å². The average Bonchev–Trinajstić information content (AvgIpc) is 2.83. The Morgan fingerprint density at radius 2 is 2.09 bits per heavy atom. The van der Waals surface area contributed by atoms with Crippen molar-refractivity contribution in [3.8, 4) is 0 Å². The lowest BCUT2D eigenvalue weighted by Gasteiger charge is -2.00. The van der Waals surface area contributed by atoms with Gasteiger partial charge in [-0.15, -0.1) is 0 Å². The minimum Gasteiger partial charge on any atom is -0.331 e. The summed E-state index contributed by atoms with van der Waals surface area (Å²) in [4.78, 5) is 37.6. The maximum Gasteiger partial charge on any atom is 0.330 e. The Bertz CT molecular complexity index is 909. The molecular weight excluding hydrogens is 350 g/mol. The van der Waals surface area contributed by atoms with Gasteiger partial charge < -0.3 is 4.98 Å². The number of allylic oxidation sites excluding steroid dienone is 2. The second-order valence-electron chi connectivity index (χ2n) is 4.84. The predicted octanol–water partition coefficient (Wildman–Crippen LogP) is 2.16. The minimum atomic E-state index is -0.495. The zero-order chi connectivity index (χ0) is 16.4. The molecule has 7 nitrogen and oxygen atoms in total. The molecule has 0 fully saturated rings. The van der Waals surface area contributed by atoms with Gasteiger partial charge in [-0.1, -0.05) is 6.58 Å². The molecule has 0 bridgehead atoms. The van der Waals surface area contributed by atoms with Crippen LogP contribution in [0.5, 0.6) is 0 Å². The molecule has 2 aromatic heterocycles. The summed E-state index contributed by atoms with van der Waals surface area (Å²) in [5.41, 5.74) is 1.10. The molecule has 2 aromatic rings. The van der Waals surface area contributed by atoms with Crippen molar-refractivity contribution in [1.82, 2.24) is 19.5 Å². The van der Waals surface area contributed by atoms with Crippen LogP contribution >= 0.6 is 15.9 Å². The molecule has 0 saturated carbocycles. The van der Waals surface area contributed by atoms with Gasteiger partial charge in [0.1, 0.15) is 11.2 Å². The molecule has 0 aliphatic carbocycles. The highest BCUT2D eigenvalue weighted by Gasteiger charge is 2.14. The average molecular weight is 366 g/mol. The van der Waals surface area contributed by atoms with E-state index in [9.17, 15) is 9.59 Å². The number of aromatic amines is 2. The van der Waals surface area contributed by atoms with Crippen LogP contribution in [0.1, 0.15) is 26.6 Å². The van der Waals surface area contributed by atoms with Gasteiger partial charge in [0.25, 0.3) is 5.56 Å². The van der Waals surface area contributed by atoms with E-state index in [0.29, 0.717) is 28.2 Å². The lowest BCUT2D eigenvalue weighted by Crippen LogP contribution is -2.29. The van der Waals surface area contributed by atoms with Crippen LogP contribution in [-0.4, -0.2) is 25.7 Å². The smallest absolute Gasteiger partial charge is 0.330 e. The van der Waals surface area contributed by atoms with Gasteiger partial charge >= 0.3 is 5.69 Å². The third kappa shape index (κ3) is 3.01. The number of nitrogens with one attached hydrogen (secondary N) is 2. The first-order valence-electron chi connectivity index (χ1n) is 6.64. The fraction of sp³-hybridized carbons (Fsp3) is 0.286. The molecule has 0 aliphatic heterocycles. The van der Waals surface area contributed by atoms with Gasteiger partial charge in [-0.2, -0.15) is 0 Å². The van der Waals surface area contributed by atoms with Gasteiger partial charge in [0.2, 0.25) is 0 Å². The summed E-state index contributed by atoms with van der Waals surface area (Å²) < 4.78 is 2.01. The Morgan fingerprint density at radius 1 is 1.41 bits per heavy atom. The molecule has 22 heavy (non-hydrogen) atoms. The number of hydrogen-bond acceptors (Lipinski definition) is 4. The first-order chi connectivity index (χ1) is 10.3. The van der Waals surface area contributed by atoms with E-state index >= 15 is 0 Å². The van der Waals surface area contributed by atoms with Crippen molar-refractivity contribution in [3.05, 3.63) is 43.3 Å². The van der Waals surface area contributed by atoms with Crippen LogP contribution in [0.15, 0.2) is 31.2 Å². The van der Waals surface area contributed by atoms with E-state index in [1.165, 1.54) is 4.57 Å². The van der Waals surface area contributed by atoms with Gasteiger partial charge in [0.05, 0.1) is 0 Å². The first-order valence-corrected chi connectivity index (χ1v) is 7.43. The number of halogens is 1. The molecule has 0 spiro atoms. The molecule has 116 valence electrons. The largest absolute Gasteiger partial charge is 0.331 e. The molecule has 0 aromatic carbocycles. The molecule has 8 heteroatoms. The molecule has 0 saturated heterocycles. The Kier molecular flexibility index (Phi) is 4.60. The van der Waals surface area contributed by atoms with Crippen LogP contribution in [0, 0.1) is 0 Å². The number of rotatable bonds is 4. The molecule has 2 rings (SSSR count). The third-order valence-corrected chi connectivity index (χ3v) is 3.19. The molecule has 0 aliphatic rings. The van der Waals surface area contributed by atoms with Gasteiger partial charge in [0, 0.05) is 17.2 Å². The molecule has 2 heterocycles. The number of aromatic nitrogens is 4. The van der Waals surface area contributed by atoms with Crippen molar-refractivity contribution in [1.29, 1.82) is 0 Å². The molecular formula is C14H16BrN5O2. The summed E-state index contributed by atoms with van der Waals surface area (Å²) in [5, 5.41) is 0. The highest BCUT2D eigenvalue weighted by Crippen LogP contribution is 2.19. The second kappa shape index (κ2) is 6.27. The maximum atomic E-state index is 11.9. The van der Waals surface area contributed by atoms with Crippen LogP contribution in [0.2, 0.25) is 0 Å². The van der Waals surface area contributed by atoms with Crippen LogP contribution in [-0.2, 0) is 6.54 Å². The van der Waals surface area contributed by atoms with Crippen LogP contribution < -0.4 is 11.2 Å². The van der Waals surface area contributed by atoms with Crippen LogP contribution in [0.25, 0.3) is 16.9 Å². The van der Waals surface area contributed by atoms with Crippen molar-refractivity contribution >= 4 is 39.0 Å². The Morgan fingerprint density at radius 3 is 2.64 bits per heavy atom. The van der Waals surface area contributed by atoms with Gasteiger partial charge in [0.15, 0.2) is 11.5 Å². The zero-order valence-corrected chi connectivity index (χ0v) is 14.1. The minimum absolute atomic E-state index is 0.253. The van der Waals surface area contributed by atoms with Gasteiger partial charge in [-0.25, -0.2) is 9.78 Å². The molecule has 2 N–H and O–H groups in total. The summed E-state index contributed by atoms with van der Waals surface area (Å²) in [6.45, 7) is 9.67. The van der Waals surface area contributed by atoms with E-state index in [0.717, 1.165) is 5.57 Å². The second-order valence-corrected chi connectivity index (χ2v) is 5.86. The topological polar surface area (TPSA) is 95.9 Å². The molecule has 0 amide bonds. The highest BCUT2D eigenvalue weighted by atomic mass is 79.9. The lowest BCUT2D eigenvalue weighted by atomic mass is 10.2. The Labute approximate surface area is 134 Å². The first kappa shape index (κ1) is 16.2. The normalized spacial score (nSPS) is 11.3. The van der Waals surface area contributed by atoms with E-state index < -0.39 is 11.2 Å². The number of imidazole rings is 1. The third-order valence-electron chi connectivity index (χ3n) is 2.98. The zero-order valence-electron chi connectivity index (χ0n) is 12.5. The Hall–Kier alpha value is -2.22. The van der Waals surface area contributed by atoms with Crippen molar-refractivity contribution in [2.24, 2.45) is 4.99 Å². The lowest BCUT2D eigenvalue weighted by molar-refractivity contribution is 0.719. The van der Waals surface area contributed by atoms with Gasteiger partial charge in [-0.05, 0) is 42.3 Å². The molecule has 0 unspecified atom stereocenters. The monoisotopic (exact) mass is 365 g/mol. The highest BCUT2D eigenvalue weighted by molar-refractivity contribution is 9.12. The number of nitrogens with zero attached hydrogens (tertiary/aromatic N) is 3. The predicted molar refractivity (Wildman–Crippen MR) is 91.5 cm³/mol. The van der Waals surface area contributed by atoms with E-state index in [2.05, 4.69) is 42.5 Å². The number of aryl methyl sites for hydroxylation is 1. The van der Waals surface area contributed by atoms with Crippen LogP contribution in [0.4, 0.5) is 0 Å². The summed E-state index contributed by atoms with van der Waals surface area (Å²) >= 11 is 3.21. The summed E-state index contributed by atoms with van der Waals surface area (Å²) in [5.74, 6) is 0.429. The SMILES string of the molecule is C=C(Br)/C=N\C(=C(C)C)c1nc2c([nH]1)c(=O)[nH]c(=O)n2CC. The molecule has 0 radical (unpaired) electrons. The van der Waals surface area contributed by atoms with E-state index in [1.54, 1.807) is 6.21 Å². The number of aliphatic imine (C=N–C) groups is 1.